The molecule has 5 fully saturated rings. The molecule has 21 nitrogen and oxygen atoms in total. The molecule has 1 aromatic carbocycles. The molecule has 2 saturated heterocycles. The molecule has 2 bridgehead atoms. The number of nitrogens with zero attached hydrogens (tertiary/aromatic N) is 3. The normalized spacial score (nSPS) is 23.2. The summed E-state index contributed by atoms with van der Waals surface area (Å²) in [4.78, 5) is 91.0. The zero-order valence-electron chi connectivity index (χ0n) is 46.0. The maximum atomic E-state index is 15.3. The summed E-state index contributed by atoms with van der Waals surface area (Å²) in [5.41, 5.74) is -3.56. The fourth-order valence-electron chi connectivity index (χ4n) is 9.98. The van der Waals surface area contributed by atoms with Crippen LogP contribution in [0.1, 0.15) is 144 Å². The first kappa shape index (κ1) is 59.5. The van der Waals surface area contributed by atoms with E-state index in [-0.39, 0.29) is 70.4 Å². The Kier molecular flexibility index (Phi) is 18.6. The van der Waals surface area contributed by atoms with Crippen molar-refractivity contribution in [1.29, 1.82) is 0 Å². The van der Waals surface area contributed by atoms with Crippen molar-refractivity contribution in [2.75, 3.05) is 43.9 Å². The van der Waals surface area contributed by atoms with Crippen LogP contribution in [0.3, 0.4) is 0 Å². The van der Waals surface area contributed by atoms with Crippen molar-refractivity contribution < 1.29 is 71.6 Å². The molecule has 5 amide bonds. The van der Waals surface area contributed by atoms with E-state index >= 15 is 4.79 Å². The van der Waals surface area contributed by atoms with Crippen LogP contribution >= 0.6 is 23.1 Å². The van der Waals surface area contributed by atoms with E-state index in [4.69, 9.17) is 37.7 Å². The Balaban J connectivity index is 1.46. The molecule has 1 aromatic heterocycles. The van der Waals surface area contributed by atoms with Gasteiger partial charge in [-0.15, -0.1) is 23.1 Å². The number of aromatic nitrogens is 1. The van der Waals surface area contributed by atoms with Crippen molar-refractivity contribution >= 4 is 71.4 Å². The Hall–Kier alpha value is -4.72. The number of carbonyl (C=O) groups is 6. The molecule has 2 unspecified atom stereocenters. The predicted octanol–water partition coefficient (Wildman–Crippen LogP) is 7.48. The van der Waals surface area contributed by atoms with Crippen molar-refractivity contribution in [1.82, 2.24) is 25.4 Å². The highest BCUT2D eigenvalue weighted by Gasteiger charge is 2.68. The Labute approximate surface area is 449 Å². The largest absolute Gasteiger partial charge is 0.514 e. The highest BCUT2D eigenvalue weighted by Crippen LogP contribution is 2.66. The van der Waals surface area contributed by atoms with E-state index in [9.17, 15) is 29.1 Å². The predicted molar refractivity (Wildman–Crippen MR) is 280 cm³/mol. The molecule has 7 atom stereocenters. The fraction of sp³-hybridized carbons (Fsp3) is 0.706. The Morgan fingerprint density at radius 3 is 2.17 bits per heavy atom. The van der Waals surface area contributed by atoms with E-state index in [0.29, 0.717) is 37.0 Å². The van der Waals surface area contributed by atoms with Gasteiger partial charge in [0.05, 0.1) is 23.3 Å². The molecule has 24 heteroatoms. The lowest BCUT2D eigenvalue weighted by molar-refractivity contribution is -0.199. The van der Waals surface area contributed by atoms with Gasteiger partial charge in [0.25, 0.3) is 5.91 Å². The summed E-state index contributed by atoms with van der Waals surface area (Å²) in [6.45, 7) is 28.2. The summed E-state index contributed by atoms with van der Waals surface area (Å²) in [7, 11) is -1.15. The quantitative estimate of drug-likeness (QED) is 0.0282. The molecule has 3 saturated carbocycles. The molecule has 3 heterocycles. The van der Waals surface area contributed by atoms with Gasteiger partial charge in [-0.2, -0.15) is 0 Å². The Morgan fingerprint density at radius 2 is 1.57 bits per heavy atom. The van der Waals surface area contributed by atoms with Gasteiger partial charge >= 0.3 is 31.4 Å². The molecule has 75 heavy (non-hydrogen) atoms. The van der Waals surface area contributed by atoms with Crippen LogP contribution in [-0.4, -0.2) is 149 Å². The minimum absolute atomic E-state index is 0.0138. The third kappa shape index (κ3) is 14.5. The summed E-state index contributed by atoms with van der Waals surface area (Å²) < 4.78 is 48.6. The topological polar surface area (TPSA) is 252 Å². The second kappa shape index (κ2) is 23.5. The summed E-state index contributed by atoms with van der Waals surface area (Å²) in [6, 6.07) is 0.773. The van der Waals surface area contributed by atoms with Crippen LogP contribution < -0.4 is 20.7 Å². The number of thioether (sulfide) groups is 1. The van der Waals surface area contributed by atoms with Crippen LogP contribution in [0.15, 0.2) is 22.4 Å². The summed E-state index contributed by atoms with van der Waals surface area (Å²) >= 11 is 2.19. The molecule has 0 spiro atoms. The molecule has 0 radical (unpaired) electrons. The van der Waals surface area contributed by atoms with Crippen LogP contribution in [-0.2, 0) is 49.0 Å². The maximum Gasteiger partial charge on any atom is 0.514 e. The minimum atomic E-state index is -1.84. The van der Waals surface area contributed by atoms with Crippen LogP contribution in [0.4, 0.5) is 19.5 Å². The number of aliphatic hydroxyl groups excluding tert-OH is 1. The lowest BCUT2D eigenvalue weighted by Crippen LogP contribution is -2.65. The van der Waals surface area contributed by atoms with Gasteiger partial charge in [0.15, 0.2) is 23.2 Å². The number of hydrogen-bond donors (Lipinski definition) is 4. The maximum absolute atomic E-state index is 15.3. The number of hydrogen-bond acceptors (Lipinski definition) is 18. The van der Waals surface area contributed by atoms with Crippen LogP contribution in [0, 0.1) is 17.3 Å². The molecule has 3 aliphatic carbocycles. The molecular formula is C51H77BN6O15S2. The summed E-state index contributed by atoms with van der Waals surface area (Å²) in [6.07, 6.45) is -3.37. The number of piperazine rings is 1. The van der Waals surface area contributed by atoms with Crippen molar-refractivity contribution in [3.05, 3.63) is 34.3 Å². The smallest absolute Gasteiger partial charge is 0.456 e. The molecule has 2 aromatic rings. The van der Waals surface area contributed by atoms with Gasteiger partial charge in [0, 0.05) is 48.9 Å². The average Bonchev–Trinajstić information content (AvgIpc) is 3.90. The van der Waals surface area contributed by atoms with Crippen molar-refractivity contribution in [2.24, 2.45) is 17.3 Å². The molecule has 5 aliphatic rings. The first-order chi connectivity index (χ1) is 34.9. The Morgan fingerprint density at radius 1 is 0.920 bits per heavy atom. The molecule has 416 valence electrons. The van der Waals surface area contributed by atoms with Gasteiger partial charge in [0.2, 0.25) is 12.1 Å². The highest BCUT2D eigenvalue weighted by atomic mass is 32.2. The second-order valence-electron chi connectivity index (χ2n) is 22.9. The fourth-order valence-corrected chi connectivity index (χ4v) is 11.7. The van der Waals surface area contributed by atoms with Crippen molar-refractivity contribution in [3.63, 3.8) is 0 Å². The van der Waals surface area contributed by atoms with E-state index in [1.807, 2.05) is 20.8 Å². The van der Waals surface area contributed by atoms with Gasteiger partial charge in [-0.1, -0.05) is 19.9 Å². The molecular weight excluding hydrogens is 1010 g/mol. The number of benzene rings is 1. The Bertz CT molecular complexity index is 2420. The van der Waals surface area contributed by atoms with Gasteiger partial charge in [-0.05, 0) is 138 Å². The van der Waals surface area contributed by atoms with Crippen LogP contribution in [0.2, 0.25) is 0 Å². The van der Waals surface area contributed by atoms with E-state index in [2.05, 4.69) is 34.8 Å². The van der Waals surface area contributed by atoms with E-state index in [1.165, 1.54) is 22.0 Å². The number of ether oxygens (including phenoxy) is 6. The van der Waals surface area contributed by atoms with E-state index in [0.717, 1.165) is 22.7 Å². The number of amides is 5. The number of rotatable bonds is 18. The number of urea groups is 1. The third-order valence-electron chi connectivity index (χ3n) is 13.6. The molecule has 7 rings (SSSR count). The lowest BCUT2D eigenvalue weighted by atomic mass is 9.43. The SMILES string of the molecule is CCOC(CSc1ccc(C[C@H](NC(=O)C(NC(=O)N2CCN(CC)C(=O)C2O)c2csc(NC(=O)OC(C)(C)C)n2)B2O[C@@H]3C[C@@H]4C[C@@H](C4(C)C)[C@]3(C)O2)c(OC(=O)OC(C)(C)C)c1C(=O)OC(C)(C)C)OCC. The average molecular weight is 1090 g/mol. The van der Waals surface area contributed by atoms with Crippen molar-refractivity contribution in [3.8, 4) is 5.75 Å². The summed E-state index contributed by atoms with van der Waals surface area (Å²) in [5, 5.41) is 20.9. The molecule has 4 N–H and O–H groups in total. The number of likely N-dealkylation sites (N-methyl/N-ethyl adjacent to an activating group) is 1. The van der Waals surface area contributed by atoms with Gasteiger partial charge in [-0.3, -0.25) is 19.8 Å². The van der Waals surface area contributed by atoms with Crippen molar-refractivity contribution in [2.45, 2.75) is 181 Å². The van der Waals surface area contributed by atoms with E-state index in [1.54, 1.807) is 81.4 Å². The van der Waals surface area contributed by atoms with Gasteiger partial charge in [-0.25, -0.2) is 24.2 Å². The molecule has 2 aliphatic heterocycles. The monoisotopic (exact) mass is 1090 g/mol. The van der Waals surface area contributed by atoms with Gasteiger partial charge < -0.3 is 58.4 Å². The summed E-state index contributed by atoms with van der Waals surface area (Å²) in [5.74, 6) is -2.98. The number of thiazole rings is 1. The zero-order chi connectivity index (χ0) is 55.6. The second-order valence-corrected chi connectivity index (χ2v) is 24.8. The first-order valence-electron chi connectivity index (χ1n) is 25.7. The highest BCUT2D eigenvalue weighted by molar-refractivity contribution is 7.99. The van der Waals surface area contributed by atoms with E-state index < -0.39 is 90.1 Å². The minimum Gasteiger partial charge on any atom is -0.456 e. The standard InChI is InChI=1S/C51H77BN6O15S2/c1-16-57-21-22-58(41(61)40(57)60)44(63)55-37(30-26-75-43(53-30)56-45(64)70-48(7,8)9)39(59)54-34(52-72-33-25-29-24-32(50(29,13)14)51(33,15)73-52)23-28-19-20-31(74-27-35(66-17-2)67-18-3)36(42(62)69-47(4,5)6)38(28)68-46(65)71-49(10,11)12/h19-20,26,29,32-35,37,41,61H,16-18,21-25,27H2,1-15H3,(H,54,59)(H,55,63)(H,53,56,64)/t29-,32-,33+,34-,37?,41?,51-/m0/s1. The van der Waals surface area contributed by atoms with Gasteiger partial charge in [0.1, 0.15) is 22.4 Å². The number of esters is 1. The van der Waals surface area contributed by atoms with Crippen LogP contribution in [0.5, 0.6) is 5.75 Å². The zero-order valence-corrected chi connectivity index (χ0v) is 47.7. The number of nitrogens with one attached hydrogen (secondary N) is 3. The number of anilines is 1. The number of carbonyl (C=O) groups excluding carboxylic acids is 6. The van der Waals surface area contributed by atoms with Crippen LogP contribution in [0.25, 0.3) is 0 Å². The third-order valence-corrected chi connectivity index (χ3v) is 15.4. The first-order valence-corrected chi connectivity index (χ1v) is 27.5. The lowest BCUT2D eigenvalue weighted by Gasteiger charge is -2.64. The number of aliphatic hydroxyl groups is 1.